The molecule has 4 aromatic rings. The van der Waals surface area contributed by atoms with E-state index < -0.39 is 86.8 Å². The van der Waals surface area contributed by atoms with E-state index in [1.807, 2.05) is 52.1 Å². The van der Waals surface area contributed by atoms with E-state index in [0.717, 1.165) is 52.4 Å². The number of nitro groups is 1. The number of carbonyl (C=O) groups excluding carboxylic acids is 4. The number of hydrogen-bond donors (Lipinski definition) is 3. The van der Waals surface area contributed by atoms with Crippen LogP contribution in [0, 0.1) is 35.3 Å². The molecule has 2 atom stereocenters. The molecule has 1 heterocycles. The van der Waals surface area contributed by atoms with Crippen molar-refractivity contribution in [1.29, 1.82) is 0 Å². The molecule has 28 heteroatoms. The maximum absolute atomic E-state index is 12.4. The molecule has 2 unspecified atom stereocenters. The molecule has 78 heavy (non-hydrogen) atoms. The molecule has 0 spiro atoms. The van der Waals surface area contributed by atoms with Crippen LogP contribution in [-0.2, 0) is 61.0 Å². The summed E-state index contributed by atoms with van der Waals surface area (Å²) in [5.74, 6) is -2.59. The number of anilines is 1. The lowest BCUT2D eigenvalue weighted by molar-refractivity contribution is -0.385. The van der Waals surface area contributed by atoms with Gasteiger partial charge >= 0.3 is 11.7 Å². The second-order valence-electron chi connectivity index (χ2n) is 18.3. The first kappa shape index (κ1) is 70.6. The Balaban J connectivity index is 0.000000523. The number of methoxy groups -OCH3 is 1. The third kappa shape index (κ3) is 23.1. The molecular weight excluding hydrogens is 1140 g/mol. The quantitative estimate of drug-likeness (QED) is 0.0151. The predicted octanol–water partition coefficient (Wildman–Crippen LogP) is 6.38. The third-order valence-electron chi connectivity index (χ3n) is 10.1. The smallest absolute Gasteiger partial charge is 0.442 e. The Hall–Kier alpha value is -5.45. The van der Waals surface area contributed by atoms with Crippen molar-refractivity contribution in [3.05, 3.63) is 102 Å². The summed E-state index contributed by atoms with van der Waals surface area (Å²) in [5, 5.41) is 25.8. The van der Waals surface area contributed by atoms with Crippen molar-refractivity contribution in [3.63, 3.8) is 0 Å². The number of carboxylic acids is 1. The van der Waals surface area contributed by atoms with Crippen LogP contribution in [0.2, 0.25) is 10.0 Å². The Kier molecular flexibility index (Phi) is 29.5. The number of alkyl halides is 1. The van der Waals surface area contributed by atoms with Gasteiger partial charge in [-0.3, -0.25) is 39.4 Å². The summed E-state index contributed by atoms with van der Waals surface area (Å²) in [7, 11) is -5.77. The van der Waals surface area contributed by atoms with Gasteiger partial charge in [0.1, 0.15) is 31.8 Å². The lowest BCUT2D eigenvalue weighted by Crippen LogP contribution is -2.43. The standard InChI is InChI=1S/C15H14Cl2N2O3.C15H22ClNO2.C14H13NO7S.C3H8NO5P.C3H9S/c1-5-6-21-12-8-11(9(16)7-10(12)17)19-14(20)22-13(18-19)15(2,3)4;1-5-13-8-6-7-11(2)15(13)17(14(18)9-16)12(3)10-19-4;1-23(21,22)8-5-6-9(10(7-8)15(19)20)14(18)13-11(16)3-2-4-12(13)17;5-3(6)1-4-2-10(7,8)9;1-4(2)3/h1,7-8H,6H2,2-4H3;6-8,12H,5,9-10H2,1-4H3;5-7,13H,2-4H2,1H3;4H,1-2H2,(H,5,6)(H2,7,8,9);1-3H3/q;;;;+1/p-1. The van der Waals surface area contributed by atoms with E-state index >= 15 is 0 Å². The minimum Gasteiger partial charge on any atom is -0.778 e. The van der Waals surface area contributed by atoms with Crippen molar-refractivity contribution in [2.75, 3.05) is 69.0 Å². The monoisotopic (exact) mass is 1210 g/mol. The fourth-order valence-corrected chi connectivity index (χ4v) is 8.41. The van der Waals surface area contributed by atoms with E-state index in [9.17, 15) is 56.8 Å². The highest BCUT2D eigenvalue weighted by molar-refractivity contribution is 7.94. The number of carbonyl (C=O) groups is 5. The number of aryl methyl sites for hydroxylation is 2. The number of amides is 1. The van der Waals surface area contributed by atoms with Crippen LogP contribution in [0.3, 0.4) is 0 Å². The molecule has 0 aliphatic heterocycles. The summed E-state index contributed by atoms with van der Waals surface area (Å²) in [4.78, 5) is 99.7. The van der Waals surface area contributed by atoms with Crippen LogP contribution in [0.1, 0.15) is 81.3 Å². The number of ketones is 3. The van der Waals surface area contributed by atoms with Gasteiger partial charge in [-0.2, -0.15) is 4.68 Å². The maximum atomic E-state index is 12.4. The number of Topliss-reactive ketones (excluding diaryl/α,β-unsaturated/α-hetero) is 3. The van der Waals surface area contributed by atoms with E-state index in [2.05, 4.69) is 42.8 Å². The van der Waals surface area contributed by atoms with Gasteiger partial charge in [0.25, 0.3) is 5.69 Å². The molecular formula is C50H65Cl3N5O17PS2. The number of terminal acetylenes is 1. The first-order chi connectivity index (χ1) is 36.1. The van der Waals surface area contributed by atoms with Crippen LogP contribution >= 0.6 is 42.4 Å². The van der Waals surface area contributed by atoms with Gasteiger partial charge in [0.05, 0.1) is 81.0 Å². The fraction of sp³-hybridized carbons (Fsp3) is 0.460. The molecule has 1 aliphatic rings. The van der Waals surface area contributed by atoms with Crippen LogP contribution in [0.5, 0.6) is 5.75 Å². The molecule has 5 rings (SSSR count). The van der Waals surface area contributed by atoms with Gasteiger partial charge in [0, 0.05) is 43.8 Å². The summed E-state index contributed by atoms with van der Waals surface area (Å²) in [6, 6.07) is 11.8. The lowest BCUT2D eigenvalue weighted by atomic mass is 9.81. The molecule has 430 valence electrons. The SMILES string of the molecule is C#CCOc1cc(-n2nc(C(C)(C)C)oc2=O)c(Cl)cc1Cl.CCc1cccc(C)c1N(C(=O)CCl)C(C)COC.CS(=O)(=O)c1ccc(C(=O)C2C(=O)CCCC2=O)c([N+](=O)[O-])c1.C[S+](C)C.O=C(O)CNCP(=O)([O-])O. The van der Waals surface area contributed by atoms with Crippen molar-refractivity contribution in [2.45, 2.75) is 83.6 Å². The minimum absolute atomic E-state index is 0.0223. The fourth-order valence-electron chi connectivity index (χ4n) is 6.72. The van der Waals surface area contributed by atoms with Crippen molar-refractivity contribution in [3.8, 4) is 23.8 Å². The lowest BCUT2D eigenvalue weighted by Gasteiger charge is -2.31. The van der Waals surface area contributed by atoms with Gasteiger partial charge < -0.3 is 38.2 Å². The second kappa shape index (κ2) is 32.6. The van der Waals surface area contributed by atoms with Gasteiger partial charge in [-0.15, -0.1) is 23.1 Å². The first-order valence-corrected chi connectivity index (χ1v) is 30.6. The van der Waals surface area contributed by atoms with Crippen LogP contribution < -0.4 is 25.6 Å². The number of hydrogen-bond acceptors (Lipinski definition) is 17. The Labute approximate surface area is 471 Å². The highest BCUT2D eigenvalue weighted by Gasteiger charge is 2.39. The van der Waals surface area contributed by atoms with E-state index in [-0.39, 0.29) is 52.2 Å². The molecule has 22 nitrogen and oxygen atoms in total. The highest BCUT2D eigenvalue weighted by Crippen LogP contribution is 2.34. The second-order valence-corrected chi connectivity index (χ2v) is 25.5. The number of nitrogens with zero attached hydrogens (tertiary/aromatic N) is 4. The van der Waals surface area contributed by atoms with Crippen molar-refractivity contribution >= 4 is 104 Å². The largest absolute Gasteiger partial charge is 0.778 e. The van der Waals surface area contributed by atoms with Crippen molar-refractivity contribution < 1.29 is 70.7 Å². The van der Waals surface area contributed by atoms with Crippen LogP contribution in [-0.4, -0.2) is 132 Å². The molecule has 0 bridgehead atoms. The average Bonchev–Trinajstić information content (AvgIpc) is 3.73. The zero-order valence-corrected chi connectivity index (χ0v) is 49.7. The van der Waals surface area contributed by atoms with Gasteiger partial charge in [-0.1, -0.05) is 75.0 Å². The van der Waals surface area contributed by atoms with Gasteiger partial charge in [-0.25, -0.2) is 13.2 Å². The molecule has 1 fully saturated rings. The normalized spacial score (nSPS) is 13.5. The van der Waals surface area contributed by atoms with E-state index in [1.165, 1.54) is 12.1 Å². The Morgan fingerprint density at radius 1 is 1.09 bits per heavy atom. The summed E-state index contributed by atoms with van der Waals surface area (Å²) in [5.41, 5.74) is 1.94. The molecule has 0 radical (unpaired) electrons. The third-order valence-corrected chi connectivity index (χ3v) is 12.7. The molecule has 0 saturated heterocycles. The summed E-state index contributed by atoms with van der Waals surface area (Å²) >= 11 is 17.9. The zero-order valence-electron chi connectivity index (χ0n) is 44.9. The average molecular weight is 1210 g/mol. The first-order valence-electron chi connectivity index (χ1n) is 23.2. The predicted molar refractivity (Wildman–Crippen MR) is 299 cm³/mol. The van der Waals surface area contributed by atoms with Crippen LogP contribution in [0.25, 0.3) is 5.69 Å². The summed E-state index contributed by atoms with van der Waals surface area (Å²) in [6.07, 6.45) is 13.3. The highest BCUT2D eigenvalue weighted by atomic mass is 35.5. The number of para-hydroxylation sites is 1. The molecule has 1 aromatic heterocycles. The number of ether oxygens (including phenoxy) is 2. The van der Waals surface area contributed by atoms with Crippen molar-refractivity contribution in [1.82, 2.24) is 15.1 Å². The number of benzene rings is 3. The topological polar surface area (TPSA) is 325 Å². The molecule has 1 aliphatic carbocycles. The number of carboxylic acid groups (broad SMARTS) is 1. The van der Waals surface area contributed by atoms with E-state index in [0.29, 0.717) is 41.3 Å². The number of halogens is 3. The summed E-state index contributed by atoms with van der Waals surface area (Å²) < 4.78 is 49.6. The van der Waals surface area contributed by atoms with Crippen LogP contribution in [0.4, 0.5) is 11.4 Å². The number of aliphatic carboxylic acids is 1. The van der Waals surface area contributed by atoms with Gasteiger partial charge in [-0.05, 0) is 66.9 Å². The van der Waals surface area contributed by atoms with Crippen molar-refractivity contribution in [2.24, 2.45) is 5.92 Å². The molecule has 1 amide bonds. The van der Waals surface area contributed by atoms with E-state index in [4.69, 9.17) is 65.1 Å². The number of rotatable bonds is 17. The molecule has 3 N–H and O–H groups in total. The number of sulfone groups is 1. The zero-order chi connectivity index (χ0) is 60.0. The number of nitrogens with one attached hydrogen (secondary N) is 1. The Bertz CT molecular complexity index is 3000. The molecule has 1 saturated carbocycles. The number of nitro benzene ring substituents is 1. The van der Waals surface area contributed by atoms with Gasteiger partial charge in [0.15, 0.2) is 27.2 Å². The van der Waals surface area contributed by atoms with E-state index in [1.54, 1.807) is 12.0 Å². The van der Waals surface area contributed by atoms with Crippen LogP contribution in [0.15, 0.2) is 62.6 Å². The Morgan fingerprint density at radius 3 is 2.14 bits per heavy atom. The number of aromatic nitrogens is 2. The Morgan fingerprint density at radius 2 is 1.68 bits per heavy atom. The summed E-state index contributed by atoms with van der Waals surface area (Å²) in [6.45, 7) is 11.8. The van der Waals surface area contributed by atoms with Gasteiger partial charge in [0.2, 0.25) is 11.8 Å². The maximum Gasteiger partial charge on any atom is 0.442 e. The minimum atomic E-state index is -4.35. The molecule has 3 aromatic carbocycles.